The zero-order chi connectivity index (χ0) is 20.6. The van der Waals surface area contributed by atoms with Crippen LogP contribution in [0.4, 0.5) is 0 Å². The molecular formula is C25H22O4. The summed E-state index contributed by atoms with van der Waals surface area (Å²) in [6, 6.07) is 28.6. The number of rotatable bonds is 7. The fraction of sp³-hybridized carbons (Fsp3) is 0.120. The van der Waals surface area contributed by atoms with Gasteiger partial charge in [0, 0.05) is 5.92 Å². The molecule has 0 saturated carbocycles. The van der Waals surface area contributed by atoms with Gasteiger partial charge < -0.3 is 9.84 Å². The molecule has 4 nitrogen and oxygen atoms in total. The van der Waals surface area contributed by atoms with Crippen LogP contribution in [-0.4, -0.2) is 24.2 Å². The number of carboxylic acid groups (broad SMARTS) is 1. The molecule has 146 valence electrons. The Morgan fingerprint density at radius 2 is 1.24 bits per heavy atom. The molecule has 4 heteroatoms. The van der Waals surface area contributed by atoms with E-state index in [-0.39, 0.29) is 0 Å². The van der Waals surface area contributed by atoms with E-state index in [0.29, 0.717) is 0 Å². The minimum Gasteiger partial charge on any atom is -0.481 e. The highest BCUT2D eigenvalue weighted by molar-refractivity contribution is 5.96. The number of allylic oxidation sites excluding steroid dienone is 1. The van der Waals surface area contributed by atoms with E-state index in [4.69, 9.17) is 4.74 Å². The molecule has 0 heterocycles. The Balaban J connectivity index is 2.22. The van der Waals surface area contributed by atoms with E-state index < -0.39 is 23.8 Å². The average Bonchev–Trinajstić information content (AvgIpc) is 2.77. The van der Waals surface area contributed by atoms with Gasteiger partial charge in [-0.1, -0.05) is 97.1 Å². The monoisotopic (exact) mass is 386 g/mol. The van der Waals surface area contributed by atoms with Crippen molar-refractivity contribution in [2.75, 3.05) is 7.11 Å². The van der Waals surface area contributed by atoms with E-state index in [1.54, 1.807) is 0 Å². The van der Waals surface area contributed by atoms with Crippen molar-refractivity contribution in [3.63, 3.8) is 0 Å². The summed E-state index contributed by atoms with van der Waals surface area (Å²) in [5.41, 5.74) is 3.46. The molecule has 3 aromatic carbocycles. The molecular weight excluding hydrogens is 364 g/mol. The molecule has 0 amide bonds. The van der Waals surface area contributed by atoms with Gasteiger partial charge in [-0.25, -0.2) is 0 Å². The number of aliphatic carboxylic acids is 1. The first kappa shape index (κ1) is 20.1. The second-order valence-corrected chi connectivity index (χ2v) is 6.59. The van der Waals surface area contributed by atoms with Crippen molar-refractivity contribution in [3.05, 3.63) is 114 Å². The van der Waals surface area contributed by atoms with Crippen LogP contribution in [0, 0.1) is 5.92 Å². The summed E-state index contributed by atoms with van der Waals surface area (Å²) >= 11 is 0. The first-order valence-electron chi connectivity index (χ1n) is 9.30. The summed E-state index contributed by atoms with van der Waals surface area (Å²) in [7, 11) is 1.21. The van der Waals surface area contributed by atoms with Crippen molar-refractivity contribution in [2.24, 2.45) is 5.92 Å². The van der Waals surface area contributed by atoms with Gasteiger partial charge in [-0.05, 0) is 22.3 Å². The normalized spacial score (nSPS) is 12.4. The van der Waals surface area contributed by atoms with E-state index in [1.165, 1.54) is 7.11 Å². The van der Waals surface area contributed by atoms with Crippen LogP contribution in [0.3, 0.4) is 0 Å². The van der Waals surface area contributed by atoms with Crippen LogP contribution in [0.15, 0.2) is 97.1 Å². The van der Waals surface area contributed by atoms with Crippen molar-refractivity contribution < 1.29 is 19.4 Å². The molecule has 0 bridgehead atoms. The lowest BCUT2D eigenvalue weighted by Crippen LogP contribution is -2.30. The second-order valence-electron chi connectivity index (χ2n) is 6.59. The number of hydrogen-bond acceptors (Lipinski definition) is 3. The number of esters is 1. The molecule has 0 fully saturated rings. The molecule has 0 aliphatic carbocycles. The maximum atomic E-state index is 12.4. The third kappa shape index (κ3) is 4.79. The summed E-state index contributed by atoms with van der Waals surface area (Å²) in [5.74, 6) is -4.05. The number of carbonyl (C=O) groups excluding carboxylic acids is 1. The van der Waals surface area contributed by atoms with E-state index in [0.717, 1.165) is 22.3 Å². The number of methoxy groups -OCH3 is 1. The highest BCUT2D eigenvalue weighted by atomic mass is 16.5. The first-order chi connectivity index (χ1) is 14.1. The molecule has 2 atom stereocenters. The molecule has 0 radical (unpaired) electrons. The lowest BCUT2D eigenvalue weighted by molar-refractivity contribution is -0.157. The van der Waals surface area contributed by atoms with Crippen molar-refractivity contribution in [1.29, 1.82) is 0 Å². The fourth-order valence-electron chi connectivity index (χ4n) is 3.36. The molecule has 0 aromatic heterocycles. The number of carboxylic acids is 1. The third-order valence-corrected chi connectivity index (χ3v) is 4.78. The standard InChI is InChI=1S/C25H22O4/c1-29-25(28)23(24(26)27)22(20-15-9-4-10-16-20)17-21(18-11-5-2-6-12-18)19-13-7-3-8-14-19/h2-17,22-23H,1H3,(H,26,27). The van der Waals surface area contributed by atoms with Crippen LogP contribution in [0.5, 0.6) is 0 Å². The lowest BCUT2D eigenvalue weighted by atomic mass is 9.82. The van der Waals surface area contributed by atoms with E-state index in [2.05, 4.69) is 0 Å². The van der Waals surface area contributed by atoms with Gasteiger partial charge in [0.1, 0.15) is 0 Å². The summed E-state index contributed by atoms with van der Waals surface area (Å²) in [6.07, 6.45) is 1.86. The highest BCUT2D eigenvalue weighted by Gasteiger charge is 2.36. The topological polar surface area (TPSA) is 63.6 Å². The zero-order valence-electron chi connectivity index (χ0n) is 16.1. The molecule has 0 aliphatic rings. The predicted octanol–water partition coefficient (Wildman–Crippen LogP) is 4.78. The lowest BCUT2D eigenvalue weighted by Gasteiger charge is -2.22. The Hall–Kier alpha value is -3.66. The molecule has 3 aromatic rings. The maximum absolute atomic E-state index is 12.4. The Morgan fingerprint density at radius 3 is 1.66 bits per heavy atom. The second kappa shape index (κ2) is 9.51. The minimum absolute atomic E-state index is 0.698. The van der Waals surface area contributed by atoms with Crippen molar-refractivity contribution >= 4 is 17.5 Å². The maximum Gasteiger partial charge on any atom is 0.321 e. The predicted molar refractivity (Wildman–Crippen MR) is 112 cm³/mol. The number of benzene rings is 3. The SMILES string of the molecule is COC(=O)C(C(=O)O)C(C=C(c1ccccc1)c1ccccc1)c1ccccc1. The van der Waals surface area contributed by atoms with Gasteiger partial charge in [-0.2, -0.15) is 0 Å². The highest BCUT2D eigenvalue weighted by Crippen LogP contribution is 2.34. The van der Waals surface area contributed by atoms with Crippen molar-refractivity contribution in [3.8, 4) is 0 Å². The van der Waals surface area contributed by atoms with Gasteiger partial charge in [0.15, 0.2) is 5.92 Å². The van der Waals surface area contributed by atoms with Crippen LogP contribution in [0.25, 0.3) is 5.57 Å². The molecule has 0 aliphatic heterocycles. The summed E-state index contributed by atoms with van der Waals surface area (Å²) in [4.78, 5) is 24.4. The summed E-state index contributed by atoms with van der Waals surface area (Å²) < 4.78 is 4.82. The molecule has 1 N–H and O–H groups in total. The first-order valence-corrected chi connectivity index (χ1v) is 9.30. The number of hydrogen-bond donors (Lipinski definition) is 1. The van der Waals surface area contributed by atoms with E-state index >= 15 is 0 Å². The number of carbonyl (C=O) groups is 2. The molecule has 3 rings (SSSR count). The third-order valence-electron chi connectivity index (χ3n) is 4.78. The minimum atomic E-state index is -1.36. The van der Waals surface area contributed by atoms with Crippen LogP contribution >= 0.6 is 0 Å². The van der Waals surface area contributed by atoms with Crippen LogP contribution < -0.4 is 0 Å². The van der Waals surface area contributed by atoms with Gasteiger partial charge in [-0.15, -0.1) is 0 Å². The van der Waals surface area contributed by atoms with Crippen molar-refractivity contribution in [1.82, 2.24) is 0 Å². The Labute approximate surface area is 170 Å². The fourth-order valence-corrected chi connectivity index (χ4v) is 3.36. The van der Waals surface area contributed by atoms with E-state index in [9.17, 15) is 14.7 Å². The Morgan fingerprint density at radius 1 is 0.793 bits per heavy atom. The summed E-state index contributed by atoms with van der Waals surface area (Å²) in [6.45, 7) is 0. The van der Waals surface area contributed by atoms with Crippen LogP contribution in [-0.2, 0) is 14.3 Å². The van der Waals surface area contributed by atoms with Gasteiger partial charge >= 0.3 is 11.9 Å². The largest absolute Gasteiger partial charge is 0.481 e. The van der Waals surface area contributed by atoms with Crippen molar-refractivity contribution in [2.45, 2.75) is 5.92 Å². The van der Waals surface area contributed by atoms with Gasteiger partial charge in [0.2, 0.25) is 0 Å². The summed E-state index contributed by atoms with van der Waals surface area (Å²) in [5, 5.41) is 9.83. The van der Waals surface area contributed by atoms with Gasteiger partial charge in [0.05, 0.1) is 7.11 Å². The molecule has 0 saturated heterocycles. The Bertz CT molecular complexity index is 938. The average molecular weight is 386 g/mol. The van der Waals surface area contributed by atoms with E-state index in [1.807, 2.05) is 97.1 Å². The quantitative estimate of drug-likeness (QED) is 0.469. The van der Waals surface area contributed by atoms with Crippen LogP contribution in [0.1, 0.15) is 22.6 Å². The molecule has 0 spiro atoms. The molecule has 2 unspecified atom stereocenters. The molecule has 29 heavy (non-hydrogen) atoms. The Kier molecular flexibility index (Phi) is 6.59. The smallest absolute Gasteiger partial charge is 0.321 e. The van der Waals surface area contributed by atoms with Crippen LogP contribution in [0.2, 0.25) is 0 Å². The number of ether oxygens (including phenoxy) is 1. The van der Waals surface area contributed by atoms with Gasteiger partial charge in [-0.3, -0.25) is 9.59 Å². The zero-order valence-corrected chi connectivity index (χ0v) is 16.1. The van der Waals surface area contributed by atoms with Gasteiger partial charge in [0.25, 0.3) is 0 Å².